The summed E-state index contributed by atoms with van der Waals surface area (Å²) in [6.07, 6.45) is 6.84. The lowest BCUT2D eigenvalue weighted by molar-refractivity contribution is -0.121. The fourth-order valence-corrected chi connectivity index (χ4v) is 5.16. The summed E-state index contributed by atoms with van der Waals surface area (Å²) >= 11 is 0. The second-order valence-corrected chi connectivity index (χ2v) is 7.42. The Morgan fingerprint density at radius 1 is 1.21 bits per heavy atom. The Labute approximate surface area is 117 Å². The molecule has 0 aromatic carbocycles. The Morgan fingerprint density at radius 2 is 1.84 bits per heavy atom. The van der Waals surface area contributed by atoms with E-state index in [1.54, 1.807) is 5.57 Å². The van der Waals surface area contributed by atoms with Crippen molar-refractivity contribution in [3.8, 4) is 0 Å². The van der Waals surface area contributed by atoms with Crippen molar-refractivity contribution in [2.24, 2.45) is 22.7 Å². The van der Waals surface area contributed by atoms with Gasteiger partial charge in [-0.3, -0.25) is 4.79 Å². The first-order chi connectivity index (χ1) is 8.86. The number of ketones is 1. The number of rotatable bonds is 3. The molecule has 0 heterocycles. The van der Waals surface area contributed by atoms with Crippen LogP contribution in [0.15, 0.2) is 22.8 Å². The molecule has 0 radical (unpaired) electrons. The van der Waals surface area contributed by atoms with E-state index in [4.69, 9.17) is 0 Å². The Hall–Kier alpha value is -0.850. The van der Waals surface area contributed by atoms with E-state index in [0.717, 1.165) is 18.4 Å². The molecule has 2 unspecified atom stereocenters. The highest BCUT2D eigenvalue weighted by Gasteiger charge is 2.66. The van der Waals surface area contributed by atoms with Crippen molar-refractivity contribution < 1.29 is 4.79 Å². The number of carbonyl (C=O) groups excluding carboxylic acids is 1. The summed E-state index contributed by atoms with van der Waals surface area (Å²) in [5.41, 5.74) is 4.56. The van der Waals surface area contributed by atoms with E-state index in [1.165, 1.54) is 18.4 Å². The van der Waals surface area contributed by atoms with Gasteiger partial charge in [0.1, 0.15) is 0 Å². The average Bonchev–Trinajstić information content (AvgIpc) is 2.88. The van der Waals surface area contributed by atoms with Gasteiger partial charge in [-0.15, -0.1) is 0 Å². The molecule has 104 valence electrons. The molecule has 1 saturated carbocycles. The lowest BCUT2D eigenvalue weighted by atomic mass is 9.66. The van der Waals surface area contributed by atoms with Gasteiger partial charge in [0, 0.05) is 5.92 Å². The number of allylic oxidation sites excluding steroid dienone is 4. The normalized spacial score (nSPS) is 44.1. The monoisotopic (exact) mass is 258 g/mol. The molecule has 2 bridgehead atoms. The van der Waals surface area contributed by atoms with Crippen LogP contribution in [0.25, 0.3) is 0 Å². The van der Waals surface area contributed by atoms with Crippen molar-refractivity contribution >= 4 is 5.78 Å². The molecule has 0 aliphatic heterocycles. The van der Waals surface area contributed by atoms with E-state index in [-0.39, 0.29) is 16.7 Å². The predicted octanol–water partition coefficient (Wildman–Crippen LogP) is 4.68. The van der Waals surface area contributed by atoms with Crippen LogP contribution in [0.5, 0.6) is 0 Å². The molecule has 1 fully saturated rings. The van der Waals surface area contributed by atoms with E-state index in [2.05, 4.69) is 40.7 Å². The minimum atomic E-state index is 0.130. The first kappa shape index (κ1) is 13.1. The van der Waals surface area contributed by atoms with Crippen LogP contribution in [0.1, 0.15) is 60.3 Å². The molecule has 19 heavy (non-hydrogen) atoms. The molecule has 1 nitrogen and oxygen atoms in total. The lowest BCUT2D eigenvalue weighted by Crippen LogP contribution is -2.34. The van der Waals surface area contributed by atoms with Crippen molar-refractivity contribution in [2.75, 3.05) is 0 Å². The summed E-state index contributed by atoms with van der Waals surface area (Å²) in [4.78, 5) is 12.8. The van der Waals surface area contributed by atoms with Crippen molar-refractivity contribution in [3.05, 3.63) is 22.8 Å². The smallest absolute Gasteiger partial charge is 0.163 e. The number of unbranched alkanes of at least 4 members (excludes halogenated alkanes) is 1. The summed E-state index contributed by atoms with van der Waals surface area (Å²) in [5, 5.41) is 0. The van der Waals surface area contributed by atoms with Crippen LogP contribution < -0.4 is 0 Å². The minimum Gasteiger partial charge on any atom is -0.294 e. The zero-order valence-electron chi connectivity index (χ0n) is 13.0. The molecule has 4 atom stereocenters. The third kappa shape index (κ3) is 1.39. The Bertz CT molecular complexity index is 510. The van der Waals surface area contributed by atoms with Gasteiger partial charge < -0.3 is 0 Å². The number of fused-ring (bicyclic) bond motifs is 5. The van der Waals surface area contributed by atoms with E-state index in [0.29, 0.717) is 11.7 Å². The number of hydrogen-bond donors (Lipinski definition) is 0. The van der Waals surface area contributed by atoms with Crippen LogP contribution in [0.4, 0.5) is 0 Å². The van der Waals surface area contributed by atoms with Crippen molar-refractivity contribution in [1.82, 2.24) is 0 Å². The van der Waals surface area contributed by atoms with Crippen LogP contribution >= 0.6 is 0 Å². The zero-order chi connectivity index (χ0) is 14.0. The summed E-state index contributed by atoms with van der Waals surface area (Å²) in [6, 6.07) is 0. The number of hydrogen-bond acceptors (Lipinski definition) is 1. The molecule has 0 aromatic heterocycles. The summed E-state index contributed by atoms with van der Waals surface area (Å²) in [6.45, 7) is 11.5. The summed E-state index contributed by atoms with van der Waals surface area (Å²) < 4.78 is 0. The van der Waals surface area contributed by atoms with Gasteiger partial charge in [0.05, 0.1) is 0 Å². The molecule has 0 aromatic rings. The largest absolute Gasteiger partial charge is 0.294 e. The Morgan fingerprint density at radius 3 is 2.47 bits per heavy atom. The molecular formula is C18H26O. The summed E-state index contributed by atoms with van der Waals surface area (Å²) in [7, 11) is 0. The van der Waals surface area contributed by atoms with Crippen LogP contribution in [0, 0.1) is 22.7 Å². The maximum atomic E-state index is 12.8. The second-order valence-electron chi connectivity index (χ2n) is 7.42. The van der Waals surface area contributed by atoms with E-state index >= 15 is 0 Å². The maximum Gasteiger partial charge on any atom is 0.163 e. The fourth-order valence-electron chi connectivity index (χ4n) is 5.16. The Balaban J connectivity index is 2.00. The van der Waals surface area contributed by atoms with Gasteiger partial charge in [-0.25, -0.2) is 0 Å². The average molecular weight is 258 g/mol. The molecule has 0 saturated heterocycles. The third-order valence-corrected chi connectivity index (χ3v) is 6.57. The second kappa shape index (κ2) is 3.84. The SMILES string of the molecule is CCCCC1=C[C@@H]2[C@H](C1=O)C1(C)CC2(C)C(C)=C1C. The molecule has 0 spiro atoms. The fraction of sp³-hybridized carbons (Fsp3) is 0.722. The standard InChI is InChI=1S/C18H26O/c1-6-7-8-13-9-14-15(16(13)19)18(5)10-17(14,4)11(2)12(18)3/h9,14-15H,6-8,10H2,1-5H3/t14-,15-,17?,18?/m1/s1. The van der Waals surface area contributed by atoms with Crippen molar-refractivity contribution in [3.63, 3.8) is 0 Å². The molecule has 3 aliphatic rings. The molecular weight excluding hydrogens is 232 g/mol. The lowest BCUT2D eigenvalue weighted by Gasteiger charge is -2.36. The van der Waals surface area contributed by atoms with E-state index in [9.17, 15) is 4.79 Å². The summed E-state index contributed by atoms with van der Waals surface area (Å²) in [5.74, 6) is 1.19. The molecule has 0 N–H and O–H groups in total. The van der Waals surface area contributed by atoms with Crippen molar-refractivity contribution in [1.29, 1.82) is 0 Å². The zero-order valence-corrected chi connectivity index (χ0v) is 13.0. The van der Waals surface area contributed by atoms with Gasteiger partial charge in [0.25, 0.3) is 0 Å². The van der Waals surface area contributed by atoms with Crippen molar-refractivity contribution in [2.45, 2.75) is 60.3 Å². The van der Waals surface area contributed by atoms with Crippen LogP contribution in [0.3, 0.4) is 0 Å². The molecule has 3 rings (SSSR count). The van der Waals surface area contributed by atoms with E-state index in [1.807, 2.05) is 0 Å². The minimum absolute atomic E-state index is 0.130. The van der Waals surface area contributed by atoms with E-state index < -0.39 is 0 Å². The molecule has 0 amide bonds. The first-order valence-corrected chi connectivity index (χ1v) is 7.79. The first-order valence-electron chi connectivity index (χ1n) is 7.79. The van der Waals surface area contributed by atoms with Crippen LogP contribution in [-0.2, 0) is 4.79 Å². The van der Waals surface area contributed by atoms with Gasteiger partial charge in [0.15, 0.2) is 5.78 Å². The maximum absolute atomic E-state index is 12.8. The molecule has 3 aliphatic carbocycles. The number of carbonyl (C=O) groups is 1. The van der Waals surface area contributed by atoms with Gasteiger partial charge in [-0.1, -0.05) is 44.4 Å². The highest BCUT2D eigenvalue weighted by Crippen LogP contribution is 2.71. The number of Topliss-reactive ketones (excluding diaryl/α,β-unsaturated/α-hetero) is 1. The Kier molecular flexibility index (Phi) is 2.65. The molecule has 1 heteroatoms. The third-order valence-electron chi connectivity index (χ3n) is 6.57. The van der Waals surface area contributed by atoms with Gasteiger partial charge >= 0.3 is 0 Å². The highest BCUT2D eigenvalue weighted by atomic mass is 16.1. The topological polar surface area (TPSA) is 17.1 Å². The quantitative estimate of drug-likeness (QED) is 0.671. The predicted molar refractivity (Wildman–Crippen MR) is 78.8 cm³/mol. The highest BCUT2D eigenvalue weighted by molar-refractivity contribution is 6.01. The van der Waals surface area contributed by atoms with Crippen LogP contribution in [-0.4, -0.2) is 5.78 Å². The van der Waals surface area contributed by atoms with Gasteiger partial charge in [-0.05, 0) is 55.4 Å². The van der Waals surface area contributed by atoms with Gasteiger partial charge in [-0.2, -0.15) is 0 Å². The van der Waals surface area contributed by atoms with Crippen LogP contribution in [0.2, 0.25) is 0 Å². The van der Waals surface area contributed by atoms with Gasteiger partial charge in [0.2, 0.25) is 0 Å².